The zero-order valence-electron chi connectivity index (χ0n) is 21.1. The highest BCUT2D eigenvalue weighted by Crippen LogP contribution is 2.33. The summed E-state index contributed by atoms with van der Waals surface area (Å²) in [5, 5.41) is 27.2. The topological polar surface area (TPSA) is 138 Å². The highest BCUT2D eigenvalue weighted by atomic mass is 35.5. The third-order valence-corrected chi connectivity index (χ3v) is 7.23. The second kappa shape index (κ2) is 10.9. The average molecular weight is 575 g/mol. The van der Waals surface area contributed by atoms with Crippen LogP contribution < -0.4 is 20.8 Å². The Morgan fingerprint density at radius 1 is 1.05 bits per heavy atom. The Morgan fingerprint density at radius 2 is 1.80 bits per heavy atom. The number of halogens is 1. The maximum atomic E-state index is 13.2. The Bertz CT molecular complexity index is 1680. The van der Waals surface area contributed by atoms with E-state index in [1.165, 1.54) is 29.5 Å². The van der Waals surface area contributed by atoms with Gasteiger partial charge in [-0.3, -0.25) is 24.9 Å². The molecule has 40 heavy (non-hydrogen) atoms. The van der Waals surface area contributed by atoms with Gasteiger partial charge in [0.05, 0.1) is 17.1 Å². The normalized spacial score (nSPS) is 13.2. The second-order valence-electron chi connectivity index (χ2n) is 8.94. The van der Waals surface area contributed by atoms with E-state index in [0.717, 1.165) is 16.0 Å². The van der Waals surface area contributed by atoms with Gasteiger partial charge < -0.3 is 15.8 Å². The van der Waals surface area contributed by atoms with Crippen LogP contribution in [0.5, 0.6) is 0 Å². The number of benzene rings is 3. The monoisotopic (exact) mass is 574 g/mol. The average Bonchev–Trinajstić information content (AvgIpc) is 3.48. The van der Waals surface area contributed by atoms with Gasteiger partial charge in [-0.1, -0.05) is 47.5 Å². The van der Waals surface area contributed by atoms with Gasteiger partial charge in [0.1, 0.15) is 10.7 Å². The molecule has 0 aliphatic carbocycles. The van der Waals surface area contributed by atoms with Gasteiger partial charge in [-0.05, 0) is 55.8 Å². The fraction of sp³-hybridized carbons (Fsp3) is 0.0714. The summed E-state index contributed by atoms with van der Waals surface area (Å²) in [7, 11) is 0. The fourth-order valence-electron chi connectivity index (χ4n) is 4.16. The minimum atomic E-state index is -0.633. The minimum absolute atomic E-state index is 0.0823. The van der Waals surface area contributed by atoms with Crippen LogP contribution in [0.1, 0.15) is 21.5 Å². The third kappa shape index (κ3) is 5.31. The summed E-state index contributed by atoms with van der Waals surface area (Å²) in [6.07, 6.45) is 0. The molecule has 12 heteroatoms. The summed E-state index contributed by atoms with van der Waals surface area (Å²) in [4.78, 5) is 44.4. The van der Waals surface area contributed by atoms with E-state index in [0.29, 0.717) is 27.8 Å². The first-order valence-corrected chi connectivity index (χ1v) is 13.1. The van der Waals surface area contributed by atoms with Crippen molar-refractivity contribution in [2.45, 2.75) is 13.8 Å². The number of anilines is 4. The molecule has 0 saturated carbocycles. The molecule has 4 aromatic rings. The van der Waals surface area contributed by atoms with Crippen molar-refractivity contribution in [3.8, 4) is 11.3 Å². The number of rotatable bonds is 7. The molecule has 0 fully saturated rings. The predicted molar refractivity (Wildman–Crippen MR) is 154 cm³/mol. The number of carbonyl (C=O) groups is 3. The van der Waals surface area contributed by atoms with Crippen LogP contribution in [-0.4, -0.2) is 27.9 Å². The van der Waals surface area contributed by atoms with Crippen molar-refractivity contribution in [1.29, 1.82) is 0 Å². The molecule has 1 aromatic heterocycles. The van der Waals surface area contributed by atoms with E-state index >= 15 is 0 Å². The van der Waals surface area contributed by atoms with Crippen molar-refractivity contribution in [2.24, 2.45) is 0 Å². The molecule has 0 spiro atoms. The Hall–Kier alpha value is -4.55. The highest BCUT2D eigenvalue weighted by molar-refractivity contribution is 7.14. The summed E-state index contributed by atoms with van der Waals surface area (Å²) in [5.41, 5.74) is 4.15. The molecule has 1 aliphatic rings. The van der Waals surface area contributed by atoms with Gasteiger partial charge in [0.25, 0.3) is 17.7 Å². The molecular weight excluding hydrogens is 554 g/mol. The largest absolute Gasteiger partial charge is 0.733 e. The van der Waals surface area contributed by atoms with E-state index in [9.17, 15) is 19.6 Å². The molecular formula is C28H21ClN5O5S-. The summed E-state index contributed by atoms with van der Waals surface area (Å²) in [6, 6.07) is 17.9. The number of aromatic nitrogens is 1. The molecule has 5 rings (SSSR count). The minimum Gasteiger partial charge on any atom is -0.733 e. The van der Waals surface area contributed by atoms with Gasteiger partial charge in [0, 0.05) is 22.2 Å². The molecule has 202 valence electrons. The van der Waals surface area contributed by atoms with E-state index in [1.807, 2.05) is 26.0 Å². The lowest BCUT2D eigenvalue weighted by Crippen LogP contribution is -2.32. The number of hydrogen-bond acceptors (Lipinski definition) is 9. The number of amides is 3. The fourth-order valence-corrected chi connectivity index (χ4v) is 5.09. The Morgan fingerprint density at radius 3 is 2.50 bits per heavy atom. The van der Waals surface area contributed by atoms with Crippen LogP contribution in [0.3, 0.4) is 0 Å². The van der Waals surface area contributed by atoms with E-state index < -0.39 is 17.7 Å². The van der Waals surface area contributed by atoms with Crippen LogP contribution in [0.2, 0.25) is 0 Å². The zero-order valence-corrected chi connectivity index (χ0v) is 22.7. The van der Waals surface area contributed by atoms with Gasteiger partial charge in [-0.2, -0.15) is 0 Å². The summed E-state index contributed by atoms with van der Waals surface area (Å²) in [6.45, 7) is 3.73. The molecule has 3 aromatic carbocycles. The smallest absolute Gasteiger partial charge is 0.283 e. The number of hydrogen-bond donors (Lipinski definition) is 3. The maximum Gasteiger partial charge on any atom is 0.283 e. The lowest BCUT2D eigenvalue weighted by atomic mass is 10.1. The number of imide groups is 1. The van der Waals surface area contributed by atoms with Crippen molar-refractivity contribution in [2.75, 3.05) is 20.8 Å². The van der Waals surface area contributed by atoms with Crippen molar-refractivity contribution in [1.82, 2.24) is 4.98 Å². The molecule has 2 heterocycles. The SMILES string of the molecule is Cc1ccc(N2C(=O)C(Cl)=C(Nc3cccc(C(=O)Nc4nc(-c5ccc(N([O-])O)cc5)cs4)c3)C2=O)c(C)c1. The molecule has 3 N–H and O–H groups in total. The summed E-state index contributed by atoms with van der Waals surface area (Å²) >= 11 is 7.49. The molecule has 0 saturated heterocycles. The van der Waals surface area contributed by atoms with E-state index in [1.54, 1.807) is 41.8 Å². The highest BCUT2D eigenvalue weighted by Gasteiger charge is 2.39. The van der Waals surface area contributed by atoms with Crippen molar-refractivity contribution in [3.63, 3.8) is 0 Å². The van der Waals surface area contributed by atoms with Crippen LogP contribution >= 0.6 is 22.9 Å². The van der Waals surface area contributed by atoms with Gasteiger partial charge in [0.15, 0.2) is 5.13 Å². The molecule has 0 unspecified atom stereocenters. The first kappa shape index (κ1) is 27.0. The molecule has 0 atom stereocenters. The Balaban J connectivity index is 1.30. The number of aryl methyl sites for hydroxylation is 2. The van der Waals surface area contributed by atoms with Crippen LogP contribution in [0.25, 0.3) is 11.3 Å². The lowest BCUT2D eigenvalue weighted by molar-refractivity contribution is -0.120. The molecule has 10 nitrogen and oxygen atoms in total. The quantitative estimate of drug-likeness (QED) is 0.186. The number of nitrogens with one attached hydrogen (secondary N) is 2. The van der Waals surface area contributed by atoms with Crippen LogP contribution in [0, 0.1) is 19.1 Å². The lowest BCUT2D eigenvalue weighted by Gasteiger charge is -2.21. The first-order chi connectivity index (χ1) is 19.1. The number of carbonyl (C=O) groups excluding carboxylic acids is 3. The second-order valence-corrected chi connectivity index (χ2v) is 10.2. The van der Waals surface area contributed by atoms with E-state index in [2.05, 4.69) is 15.6 Å². The third-order valence-electron chi connectivity index (χ3n) is 6.12. The molecule has 0 radical (unpaired) electrons. The van der Waals surface area contributed by atoms with Crippen molar-refractivity contribution < 1.29 is 19.6 Å². The number of thiazole rings is 1. The van der Waals surface area contributed by atoms with Gasteiger partial charge in [-0.15, -0.1) is 11.3 Å². The van der Waals surface area contributed by atoms with Gasteiger partial charge in [0.2, 0.25) is 0 Å². The maximum absolute atomic E-state index is 13.2. The standard InChI is InChI=1S/C28H21ClN5O5S/c1-15-6-11-22(16(2)12-15)33-26(36)23(29)24(27(33)37)30-19-5-3-4-18(13-19)25(35)32-28-31-21(14-40-28)17-7-9-20(10-8-17)34(38)39/h3-14,30,38H,1-2H3,(H,31,32,35)/q-1. The van der Waals surface area contributed by atoms with Crippen LogP contribution in [0.4, 0.5) is 22.2 Å². The van der Waals surface area contributed by atoms with E-state index in [4.69, 9.17) is 16.8 Å². The number of nitrogens with zero attached hydrogens (tertiary/aromatic N) is 3. The Kier molecular flexibility index (Phi) is 7.37. The zero-order chi connectivity index (χ0) is 28.6. The van der Waals surface area contributed by atoms with Crippen LogP contribution in [0.15, 0.2) is 82.8 Å². The molecule has 1 aliphatic heterocycles. The van der Waals surface area contributed by atoms with Crippen molar-refractivity contribution in [3.05, 3.63) is 105 Å². The molecule has 0 bridgehead atoms. The van der Waals surface area contributed by atoms with Gasteiger partial charge >= 0.3 is 0 Å². The van der Waals surface area contributed by atoms with Crippen molar-refractivity contribution >= 4 is 62.9 Å². The summed E-state index contributed by atoms with van der Waals surface area (Å²) in [5.74, 6) is -1.67. The molecule has 3 amide bonds. The van der Waals surface area contributed by atoms with Gasteiger partial charge in [-0.25, -0.2) is 9.88 Å². The summed E-state index contributed by atoms with van der Waals surface area (Å²) < 4.78 is 0. The van der Waals surface area contributed by atoms with Crippen LogP contribution in [-0.2, 0) is 9.59 Å². The Labute approximate surface area is 237 Å². The van der Waals surface area contributed by atoms with E-state index in [-0.39, 0.29) is 27.2 Å². The first-order valence-electron chi connectivity index (χ1n) is 11.9. The predicted octanol–water partition coefficient (Wildman–Crippen LogP) is 5.81.